The fraction of sp³-hybridized carbons (Fsp3) is 0.417. The third-order valence-corrected chi connectivity index (χ3v) is 5.39. The Morgan fingerprint density at radius 3 is 2.26 bits per heavy atom. The van der Waals surface area contributed by atoms with Gasteiger partial charge in [-0.05, 0) is 17.7 Å². The molecule has 23 heavy (non-hydrogen) atoms. The molecular formula is C12H17O9PS. The van der Waals surface area contributed by atoms with E-state index in [0.717, 1.165) is 14.2 Å². The second kappa shape index (κ2) is 7.78. The van der Waals surface area contributed by atoms with Crippen LogP contribution >= 0.6 is 7.82 Å². The molecule has 1 rings (SSSR count). The molecule has 0 radical (unpaired) electrons. The minimum atomic E-state index is -3.86. The maximum atomic E-state index is 12.0. The standard InChI is InChI=1S/C12H17O9PS/c1-18-10-5-4-9(7-23(16,17)8-12(13)14)6-11(10)21-22(15,19-2)20-3/h4-6H,7-8H2,1-3H3,(H,13,14). The summed E-state index contributed by atoms with van der Waals surface area (Å²) in [6, 6.07) is 4.09. The Bertz CT molecular complexity index is 705. The molecule has 0 heterocycles. The fourth-order valence-corrected chi connectivity index (χ4v) is 3.49. The number of carbonyl (C=O) groups is 1. The summed E-state index contributed by atoms with van der Waals surface area (Å²) >= 11 is 0. The Morgan fingerprint density at radius 1 is 1.17 bits per heavy atom. The lowest BCUT2D eigenvalue weighted by atomic mass is 10.2. The number of sulfone groups is 1. The molecule has 1 aromatic rings. The number of carboxylic acid groups (broad SMARTS) is 1. The Balaban J connectivity index is 3.13. The zero-order valence-electron chi connectivity index (χ0n) is 12.7. The lowest BCUT2D eigenvalue weighted by Crippen LogP contribution is -2.17. The van der Waals surface area contributed by atoms with Crippen molar-refractivity contribution in [2.75, 3.05) is 27.1 Å². The molecule has 0 aliphatic rings. The van der Waals surface area contributed by atoms with Crippen molar-refractivity contribution >= 4 is 23.6 Å². The summed E-state index contributed by atoms with van der Waals surface area (Å²) < 4.78 is 54.9. The predicted octanol–water partition coefficient (Wildman–Crippen LogP) is 1.47. The van der Waals surface area contributed by atoms with Crippen LogP contribution in [0.1, 0.15) is 5.56 Å². The summed E-state index contributed by atoms with van der Waals surface area (Å²) in [6.07, 6.45) is 0. The summed E-state index contributed by atoms with van der Waals surface area (Å²) in [5.74, 6) is -2.84. The van der Waals surface area contributed by atoms with E-state index in [1.54, 1.807) is 0 Å². The molecule has 0 amide bonds. The number of rotatable bonds is 9. The fourth-order valence-electron chi connectivity index (χ4n) is 1.64. The third-order valence-electron chi connectivity index (χ3n) is 2.62. The van der Waals surface area contributed by atoms with E-state index in [-0.39, 0.29) is 17.1 Å². The topological polar surface area (TPSA) is 125 Å². The molecule has 0 saturated carbocycles. The van der Waals surface area contributed by atoms with Crippen LogP contribution in [0.2, 0.25) is 0 Å². The average molecular weight is 368 g/mol. The molecule has 130 valence electrons. The Hall–Kier alpha value is -1.61. The lowest BCUT2D eigenvalue weighted by molar-refractivity contribution is -0.134. The number of methoxy groups -OCH3 is 1. The van der Waals surface area contributed by atoms with Crippen LogP contribution in [-0.2, 0) is 34.0 Å². The molecule has 0 saturated heterocycles. The quantitative estimate of drug-likeness (QED) is 0.645. The van der Waals surface area contributed by atoms with Crippen molar-refractivity contribution < 1.29 is 41.2 Å². The zero-order valence-corrected chi connectivity index (χ0v) is 14.4. The van der Waals surface area contributed by atoms with Gasteiger partial charge >= 0.3 is 13.8 Å². The van der Waals surface area contributed by atoms with Crippen molar-refractivity contribution in [3.05, 3.63) is 23.8 Å². The molecule has 0 unspecified atom stereocenters. The molecular weight excluding hydrogens is 351 g/mol. The number of aliphatic carboxylic acids is 1. The third kappa shape index (κ3) is 5.83. The summed E-state index contributed by atoms with van der Waals surface area (Å²) in [5, 5.41) is 8.59. The highest BCUT2D eigenvalue weighted by Gasteiger charge is 2.27. The van der Waals surface area contributed by atoms with Gasteiger partial charge in [0.1, 0.15) is 5.75 Å². The molecule has 1 aromatic carbocycles. The highest BCUT2D eigenvalue weighted by molar-refractivity contribution is 7.91. The first-order valence-corrected chi connectivity index (χ1v) is 9.43. The minimum Gasteiger partial charge on any atom is -0.493 e. The molecule has 0 aromatic heterocycles. The average Bonchev–Trinajstić information content (AvgIpc) is 2.45. The molecule has 0 aliphatic heterocycles. The number of phosphoric ester groups is 1. The van der Waals surface area contributed by atoms with Crippen LogP contribution in [0.4, 0.5) is 0 Å². The van der Waals surface area contributed by atoms with Gasteiger partial charge in [-0.15, -0.1) is 0 Å². The van der Waals surface area contributed by atoms with Crippen molar-refractivity contribution in [2.24, 2.45) is 0 Å². The largest absolute Gasteiger partial charge is 0.529 e. The highest BCUT2D eigenvalue weighted by atomic mass is 32.2. The van der Waals surface area contributed by atoms with Crippen LogP contribution in [0.15, 0.2) is 18.2 Å². The van der Waals surface area contributed by atoms with Crippen molar-refractivity contribution in [3.8, 4) is 11.5 Å². The maximum Gasteiger partial charge on any atom is 0.529 e. The van der Waals surface area contributed by atoms with Crippen LogP contribution in [0.5, 0.6) is 11.5 Å². The van der Waals surface area contributed by atoms with Crippen molar-refractivity contribution in [1.82, 2.24) is 0 Å². The van der Waals surface area contributed by atoms with Crippen LogP contribution in [-0.4, -0.2) is 46.6 Å². The van der Waals surface area contributed by atoms with Gasteiger partial charge in [-0.25, -0.2) is 13.0 Å². The molecule has 0 bridgehead atoms. The van der Waals surface area contributed by atoms with Crippen LogP contribution < -0.4 is 9.26 Å². The predicted molar refractivity (Wildman–Crippen MR) is 80.4 cm³/mol. The number of hydrogen-bond donors (Lipinski definition) is 1. The summed E-state index contributed by atoms with van der Waals surface area (Å²) in [5.41, 5.74) is 0.237. The van der Waals surface area contributed by atoms with Gasteiger partial charge in [0.2, 0.25) is 0 Å². The van der Waals surface area contributed by atoms with Gasteiger partial charge in [0.25, 0.3) is 0 Å². The van der Waals surface area contributed by atoms with Gasteiger partial charge in [0, 0.05) is 14.2 Å². The number of phosphoric acid groups is 1. The summed E-state index contributed by atoms with van der Waals surface area (Å²) in [7, 11) is -4.13. The van der Waals surface area contributed by atoms with Crippen molar-refractivity contribution in [3.63, 3.8) is 0 Å². The Labute approximate surface area is 133 Å². The highest BCUT2D eigenvalue weighted by Crippen LogP contribution is 2.50. The molecule has 0 fully saturated rings. The Morgan fingerprint density at radius 2 is 1.78 bits per heavy atom. The second-order valence-corrected chi connectivity index (χ2v) is 8.19. The van der Waals surface area contributed by atoms with Gasteiger partial charge in [-0.1, -0.05) is 6.07 Å². The Kier molecular flexibility index (Phi) is 6.57. The number of hydrogen-bond acceptors (Lipinski definition) is 8. The van der Waals surface area contributed by atoms with E-state index in [2.05, 4.69) is 9.05 Å². The summed E-state index contributed by atoms with van der Waals surface area (Å²) in [6.45, 7) is 0. The van der Waals surface area contributed by atoms with Gasteiger partial charge in [-0.3, -0.25) is 13.8 Å². The monoisotopic (exact) mass is 368 g/mol. The van der Waals surface area contributed by atoms with Crippen LogP contribution in [0.25, 0.3) is 0 Å². The molecule has 0 spiro atoms. The zero-order chi connectivity index (χ0) is 17.7. The number of carboxylic acids is 1. The maximum absolute atomic E-state index is 12.0. The smallest absolute Gasteiger partial charge is 0.493 e. The molecule has 9 nitrogen and oxygen atoms in total. The van der Waals surface area contributed by atoms with E-state index in [1.165, 1.54) is 25.3 Å². The van der Waals surface area contributed by atoms with E-state index in [0.29, 0.717) is 0 Å². The van der Waals surface area contributed by atoms with Gasteiger partial charge in [0.05, 0.1) is 12.9 Å². The summed E-state index contributed by atoms with van der Waals surface area (Å²) in [4.78, 5) is 10.5. The second-order valence-electron chi connectivity index (χ2n) is 4.31. The first-order valence-electron chi connectivity index (χ1n) is 6.15. The molecule has 1 N–H and O–H groups in total. The normalized spacial score (nSPS) is 12.0. The minimum absolute atomic E-state index is 0.0532. The number of ether oxygens (including phenoxy) is 1. The van der Waals surface area contributed by atoms with Gasteiger partial charge in [-0.2, -0.15) is 0 Å². The molecule has 0 atom stereocenters. The first-order chi connectivity index (χ1) is 10.6. The van der Waals surface area contributed by atoms with Gasteiger partial charge < -0.3 is 14.4 Å². The van der Waals surface area contributed by atoms with Gasteiger partial charge in [0.15, 0.2) is 21.3 Å². The van der Waals surface area contributed by atoms with Crippen molar-refractivity contribution in [2.45, 2.75) is 5.75 Å². The van der Waals surface area contributed by atoms with E-state index >= 15 is 0 Å². The van der Waals surface area contributed by atoms with E-state index in [9.17, 15) is 17.8 Å². The molecule has 0 aliphatic carbocycles. The van der Waals surface area contributed by atoms with E-state index in [4.69, 9.17) is 14.4 Å². The van der Waals surface area contributed by atoms with Crippen LogP contribution in [0.3, 0.4) is 0 Å². The van der Waals surface area contributed by atoms with Crippen molar-refractivity contribution in [1.29, 1.82) is 0 Å². The van der Waals surface area contributed by atoms with E-state index in [1.807, 2.05) is 0 Å². The molecule has 11 heteroatoms. The SMILES string of the molecule is COc1ccc(CS(=O)(=O)CC(=O)O)cc1OP(=O)(OC)OC. The first kappa shape index (κ1) is 19.4. The van der Waals surface area contributed by atoms with E-state index < -0.39 is 35.1 Å². The van der Waals surface area contributed by atoms with Crippen LogP contribution in [0, 0.1) is 0 Å². The lowest BCUT2D eigenvalue weighted by Gasteiger charge is -2.17. The number of benzene rings is 1.